The first kappa shape index (κ1) is 22.1. The Balaban J connectivity index is 1.45. The molecular formula is C19H17F3N6O5. The fourth-order valence-corrected chi connectivity index (χ4v) is 3.61. The van der Waals surface area contributed by atoms with Crippen LogP contribution >= 0.6 is 0 Å². The number of para-hydroxylation sites is 1. The predicted molar refractivity (Wildman–Crippen MR) is 103 cm³/mol. The van der Waals surface area contributed by atoms with Gasteiger partial charge in [-0.15, -0.1) is 18.3 Å². The standard InChI is InChI=1S/C19H17F3N6O5/c20-19(21,22)33-14-4-2-1-3-13(14)15-8-23-17(32-15)16(29)25-11-7-12(28(9-11)18(30)31)10-27-6-5-24-26-27/h1-6,8,11-12H,7,9-10H2,(H,25,29)(H,30,31). The van der Waals surface area contributed by atoms with Crippen molar-refractivity contribution in [1.82, 2.24) is 30.2 Å². The SMILES string of the molecule is O=C(NC1CC(Cn2ccnn2)N(C(=O)O)C1)c1ncc(-c2ccccc2OC(F)(F)F)o1. The van der Waals surface area contributed by atoms with E-state index in [1.54, 1.807) is 6.20 Å². The number of oxazole rings is 1. The Bertz CT molecular complexity index is 1130. The summed E-state index contributed by atoms with van der Waals surface area (Å²) in [5.41, 5.74) is -0.0350. The summed E-state index contributed by atoms with van der Waals surface area (Å²) in [5.74, 6) is -1.71. The zero-order valence-electron chi connectivity index (χ0n) is 16.8. The largest absolute Gasteiger partial charge is 0.573 e. The van der Waals surface area contributed by atoms with E-state index in [0.717, 1.165) is 12.3 Å². The van der Waals surface area contributed by atoms with Gasteiger partial charge in [0.25, 0.3) is 5.89 Å². The van der Waals surface area contributed by atoms with Crippen LogP contribution in [0.5, 0.6) is 5.75 Å². The van der Waals surface area contributed by atoms with Crippen LogP contribution in [0.1, 0.15) is 17.1 Å². The van der Waals surface area contributed by atoms with Crippen LogP contribution in [0.4, 0.5) is 18.0 Å². The van der Waals surface area contributed by atoms with E-state index in [4.69, 9.17) is 4.42 Å². The first-order valence-corrected chi connectivity index (χ1v) is 9.65. The van der Waals surface area contributed by atoms with E-state index < -0.39 is 36.2 Å². The molecule has 1 fully saturated rings. The number of nitrogens with one attached hydrogen (secondary N) is 1. The Morgan fingerprint density at radius 1 is 1.30 bits per heavy atom. The maximum absolute atomic E-state index is 12.6. The highest BCUT2D eigenvalue weighted by Gasteiger charge is 2.37. The fraction of sp³-hybridized carbons (Fsp3) is 0.316. The van der Waals surface area contributed by atoms with Crippen LogP contribution in [0.2, 0.25) is 0 Å². The summed E-state index contributed by atoms with van der Waals surface area (Å²) >= 11 is 0. The monoisotopic (exact) mass is 466 g/mol. The number of carboxylic acid groups (broad SMARTS) is 1. The summed E-state index contributed by atoms with van der Waals surface area (Å²) in [6.45, 7) is 0.300. The number of ether oxygens (including phenoxy) is 1. The van der Waals surface area contributed by atoms with Crippen molar-refractivity contribution in [2.24, 2.45) is 0 Å². The number of halogens is 3. The third-order valence-electron chi connectivity index (χ3n) is 4.94. The summed E-state index contributed by atoms with van der Waals surface area (Å²) in [5, 5.41) is 19.6. The second-order valence-electron chi connectivity index (χ2n) is 7.19. The van der Waals surface area contributed by atoms with Gasteiger partial charge in [0.1, 0.15) is 5.75 Å². The van der Waals surface area contributed by atoms with Gasteiger partial charge in [-0.2, -0.15) is 0 Å². The van der Waals surface area contributed by atoms with Crippen molar-refractivity contribution in [2.75, 3.05) is 6.54 Å². The summed E-state index contributed by atoms with van der Waals surface area (Å²) < 4.78 is 48.8. The molecule has 2 amide bonds. The van der Waals surface area contributed by atoms with Crippen molar-refractivity contribution >= 4 is 12.0 Å². The second kappa shape index (κ2) is 8.80. The van der Waals surface area contributed by atoms with Gasteiger partial charge < -0.3 is 24.5 Å². The second-order valence-corrected chi connectivity index (χ2v) is 7.19. The smallest absolute Gasteiger partial charge is 0.465 e. The minimum atomic E-state index is -4.91. The lowest BCUT2D eigenvalue weighted by Crippen LogP contribution is -2.39. The maximum atomic E-state index is 12.6. The Morgan fingerprint density at radius 2 is 2.09 bits per heavy atom. The normalized spacial score (nSPS) is 18.3. The first-order valence-electron chi connectivity index (χ1n) is 9.65. The molecule has 3 heterocycles. The van der Waals surface area contributed by atoms with Gasteiger partial charge in [-0.25, -0.2) is 9.78 Å². The molecule has 33 heavy (non-hydrogen) atoms. The molecule has 3 aromatic rings. The van der Waals surface area contributed by atoms with Gasteiger partial charge in [0.2, 0.25) is 0 Å². The molecule has 14 heteroatoms. The van der Waals surface area contributed by atoms with Crippen molar-refractivity contribution in [3.8, 4) is 17.1 Å². The van der Waals surface area contributed by atoms with Crippen LogP contribution in [0.25, 0.3) is 11.3 Å². The summed E-state index contributed by atoms with van der Waals surface area (Å²) in [6.07, 6.45) is -1.56. The Morgan fingerprint density at radius 3 is 2.79 bits per heavy atom. The zero-order valence-corrected chi connectivity index (χ0v) is 16.8. The molecule has 174 valence electrons. The number of carbonyl (C=O) groups is 2. The highest BCUT2D eigenvalue weighted by Crippen LogP contribution is 2.34. The molecule has 1 aromatic carbocycles. The molecule has 11 nitrogen and oxygen atoms in total. The minimum Gasteiger partial charge on any atom is -0.465 e. The molecule has 0 saturated carbocycles. The lowest BCUT2D eigenvalue weighted by Gasteiger charge is -2.20. The lowest BCUT2D eigenvalue weighted by molar-refractivity contribution is -0.274. The lowest BCUT2D eigenvalue weighted by atomic mass is 10.1. The number of aromatic nitrogens is 4. The van der Waals surface area contributed by atoms with Crippen LogP contribution in [-0.4, -0.2) is 67.0 Å². The molecule has 4 rings (SSSR count). The Kier molecular flexibility index (Phi) is 5.89. The van der Waals surface area contributed by atoms with Crippen molar-refractivity contribution < 1.29 is 37.0 Å². The van der Waals surface area contributed by atoms with E-state index in [1.807, 2.05) is 0 Å². The van der Waals surface area contributed by atoms with Gasteiger partial charge >= 0.3 is 18.4 Å². The molecule has 2 aromatic heterocycles. The topological polar surface area (TPSA) is 136 Å². The van der Waals surface area contributed by atoms with E-state index in [9.17, 15) is 27.9 Å². The number of alkyl halides is 3. The Hall–Kier alpha value is -4.10. The Labute approximate surface area is 183 Å². The number of nitrogens with zero attached hydrogens (tertiary/aromatic N) is 5. The molecule has 1 aliphatic rings. The van der Waals surface area contributed by atoms with E-state index in [2.05, 4.69) is 25.3 Å². The number of carbonyl (C=O) groups excluding carboxylic acids is 1. The number of hydrogen-bond acceptors (Lipinski definition) is 7. The van der Waals surface area contributed by atoms with Gasteiger partial charge in [-0.3, -0.25) is 9.48 Å². The minimum absolute atomic E-state index is 0.0350. The van der Waals surface area contributed by atoms with Crippen LogP contribution in [0.3, 0.4) is 0 Å². The van der Waals surface area contributed by atoms with Crippen molar-refractivity contribution in [3.05, 3.63) is 48.7 Å². The van der Waals surface area contributed by atoms with E-state index >= 15 is 0 Å². The zero-order chi connectivity index (χ0) is 23.6. The molecule has 0 bridgehead atoms. The summed E-state index contributed by atoms with van der Waals surface area (Å²) in [6, 6.07) is 4.31. The van der Waals surface area contributed by atoms with Gasteiger partial charge in [-0.1, -0.05) is 17.3 Å². The van der Waals surface area contributed by atoms with Crippen LogP contribution in [0, 0.1) is 0 Å². The number of hydrogen-bond donors (Lipinski definition) is 2. The average Bonchev–Trinajstić information content (AvgIpc) is 3.48. The third kappa shape index (κ3) is 5.22. The quantitative estimate of drug-likeness (QED) is 0.565. The van der Waals surface area contributed by atoms with E-state index in [-0.39, 0.29) is 30.3 Å². The molecule has 2 N–H and O–H groups in total. The first-order chi connectivity index (χ1) is 15.7. The predicted octanol–water partition coefficient (Wildman–Crippen LogP) is 2.38. The van der Waals surface area contributed by atoms with E-state index in [1.165, 1.54) is 34.0 Å². The van der Waals surface area contributed by atoms with Crippen molar-refractivity contribution in [1.29, 1.82) is 0 Å². The fourth-order valence-electron chi connectivity index (χ4n) is 3.61. The molecule has 1 aliphatic heterocycles. The van der Waals surface area contributed by atoms with Crippen LogP contribution in [0.15, 0.2) is 47.3 Å². The van der Waals surface area contributed by atoms with Gasteiger partial charge in [0, 0.05) is 18.8 Å². The molecular weight excluding hydrogens is 449 g/mol. The summed E-state index contributed by atoms with van der Waals surface area (Å²) in [4.78, 5) is 29.2. The molecule has 2 unspecified atom stereocenters. The molecule has 2 atom stereocenters. The van der Waals surface area contributed by atoms with Gasteiger partial charge in [-0.05, 0) is 18.6 Å². The van der Waals surface area contributed by atoms with Crippen LogP contribution in [-0.2, 0) is 6.54 Å². The molecule has 0 spiro atoms. The number of amides is 2. The molecule has 1 saturated heterocycles. The molecule has 0 aliphatic carbocycles. The number of rotatable bonds is 6. The van der Waals surface area contributed by atoms with Gasteiger partial charge in [0.05, 0.1) is 30.5 Å². The van der Waals surface area contributed by atoms with Crippen LogP contribution < -0.4 is 10.1 Å². The molecule has 0 radical (unpaired) electrons. The van der Waals surface area contributed by atoms with Gasteiger partial charge in [0.15, 0.2) is 5.76 Å². The number of likely N-dealkylation sites (tertiary alicyclic amines) is 1. The van der Waals surface area contributed by atoms with E-state index in [0.29, 0.717) is 6.42 Å². The highest BCUT2D eigenvalue weighted by atomic mass is 19.4. The average molecular weight is 466 g/mol. The highest BCUT2D eigenvalue weighted by molar-refractivity contribution is 5.90. The maximum Gasteiger partial charge on any atom is 0.573 e. The van der Waals surface area contributed by atoms with Crippen molar-refractivity contribution in [2.45, 2.75) is 31.4 Å². The van der Waals surface area contributed by atoms with Crippen molar-refractivity contribution in [3.63, 3.8) is 0 Å². The summed E-state index contributed by atoms with van der Waals surface area (Å²) in [7, 11) is 0. The third-order valence-corrected chi connectivity index (χ3v) is 4.94. The number of benzene rings is 1.